The van der Waals surface area contributed by atoms with Gasteiger partial charge in [-0.15, -0.1) is 0 Å². The number of guanidine groups is 1. The number of hydrogen-bond donors (Lipinski definition) is 3. The van der Waals surface area contributed by atoms with Crippen molar-refractivity contribution < 1.29 is 27.5 Å². The lowest BCUT2D eigenvalue weighted by Crippen LogP contribution is -2.37. The van der Waals surface area contributed by atoms with Gasteiger partial charge in [0.15, 0.2) is 5.82 Å². The second kappa shape index (κ2) is 17.2. The fourth-order valence-electron chi connectivity index (χ4n) is 4.81. The maximum Gasteiger partial charge on any atom is 0.408 e. The SMILES string of the molecule is O=C(CCCn1ccc(NC(=NCC(F)(F)F)NC(=O)c2ccccc2)n1)NCCCOc1cccc(CN2CCCCC2)c1. The average molecular weight is 628 g/mol. The molecule has 3 aromatic rings. The molecule has 0 radical (unpaired) electrons. The van der Waals surface area contributed by atoms with Crippen molar-refractivity contribution >= 4 is 23.6 Å². The van der Waals surface area contributed by atoms with Crippen molar-refractivity contribution in [2.75, 3.05) is 38.1 Å². The molecule has 0 atom stereocenters. The van der Waals surface area contributed by atoms with Crippen LogP contribution in [0.1, 0.15) is 54.4 Å². The highest BCUT2D eigenvalue weighted by Crippen LogP contribution is 2.18. The van der Waals surface area contributed by atoms with Gasteiger partial charge in [-0.3, -0.25) is 24.5 Å². The van der Waals surface area contributed by atoms with Crippen LogP contribution in [-0.4, -0.2) is 71.4 Å². The van der Waals surface area contributed by atoms with E-state index in [0.29, 0.717) is 32.5 Å². The fraction of sp³-hybridized carbons (Fsp3) is 0.438. The first-order valence-electron chi connectivity index (χ1n) is 15.2. The minimum Gasteiger partial charge on any atom is -0.494 e. The fourth-order valence-corrected chi connectivity index (χ4v) is 4.81. The lowest BCUT2D eigenvalue weighted by atomic mass is 10.1. The van der Waals surface area contributed by atoms with Crippen molar-refractivity contribution in [2.24, 2.45) is 4.99 Å². The minimum absolute atomic E-state index is 0.0887. The lowest BCUT2D eigenvalue weighted by molar-refractivity contribution is -0.121. The van der Waals surface area contributed by atoms with Crippen molar-refractivity contribution in [2.45, 2.75) is 57.8 Å². The topological polar surface area (TPSA) is 113 Å². The van der Waals surface area contributed by atoms with E-state index < -0.39 is 18.6 Å². The van der Waals surface area contributed by atoms with E-state index in [0.717, 1.165) is 25.4 Å². The minimum atomic E-state index is -4.55. The lowest BCUT2D eigenvalue weighted by Gasteiger charge is -2.26. The number of nitrogens with one attached hydrogen (secondary N) is 3. The number of carbonyl (C=O) groups is 2. The van der Waals surface area contributed by atoms with Crippen LogP contribution >= 0.6 is 0 Å². The van der Waals surface area contributed by atoms with Gasteiger partial charge in [0.2, 0.25) is 11.9 Å². The van der Waals surface area contributed by atoms with Gasteiger partial charge in [-0.1, -0.05) is 36.8 Å². The molecule has 0 spiro atoms. The molecule has 0 bridgehead atoms. The van der Waals surface area contributed by atoms with E-state index in [9.17, 15) is 22.8 Å². The Balaban J connectivity index is 1.13. The predicted octanol–water partition coefficient (Wildman–Crippen LogP) is 4.99. The standard InChI is InChI=1S/C32H40F3N7O3/c33-32(34,35)24-37-31(39-30(44)26-11-3-1-4-12-26)38-28-15-20-42(40-28)19-8-14-29(43)36-16-9-21-45-27-13-7-10-25(22-27)23-41-17-5-2-6-18-41/h1,3-4,7,10-13,15,20,22H,2,5-6,8-9,14,16-19,21,23-24H2,(H,36,43)(H2,37,38,39,40,44). The van der Waals surface area contributed by atoms with Gasteiger partial charge in [0.1, 0.15) is 12.3 Å². The molecule has 3 N–H and O–H groups in total. The van der Waals surface area contributed by atoms with Gasteiger partial charge in [-0.25, -0.2) is 4.99 Å². The van der Waals surface area contributed by atoms with E-state index in [-0.39, 0.29) is 29.7 Å². The molecule has 242 valence electrons. The van der Waals surface area contributed by atoms with E-state index in [1.165, 1.54) is 37.0 Å². The number of halogens is 3. The number of rotatable bonds is 14. The van der Waals surface area contributed by atoms with Gasteiger partial charge in [0, 0.05) is 43.9 Å². The van der Waals surface area contributed by atoms with Crippen molar-refractivity contribution in [1.82, 2.24) is 25.3 Å². The third-order valence-corrected chi connectivity index (χ3v) is 7.03. The summed E-state index contributed by atoms with van der Waals surface area (Å²) in [6.07, 6.45) is 2.38. The van der Waals surface area contributed by atoms with Crippen LogP contribution in [-0.2, 0) is 17.9 Å². The molecule has 10 nitrogen and oxygen atoms in total. The number of hydrogen-bond acceptors (Lipinski definition) is 6. The molecular weight excluding hydrogens is 587 g/mol. The van der Waals surface area contributed by atoms with Gasteiger partial charge >= 0.3 is 6.18 Å². The molecule has 0 saturated carbocycles. The molecule has 13 heteroatoms. The van der Waals surface area contributed by atoms with Crippen molar-refractivity contribution in [3.63, 3.8) is 0 Å². The van der Waals surface area contributed by atoms with Gasteiger partial charge in [-0.2, -0.15) is 18.3 Å². The quantitative estimate of drug-likeness (QED) is 0.132. The third kappa shape index (κ3) is 12.6. The Kier molecular flexibility index (Phi) is 12.8. The molecular formula is C32H40F3N7O3. The van der Waals surface area contributed by atoms with Crippen LogP contribution in [0.4, 0.5) is 19.0 Å². The van der Waals surface area contributed by atoms with Gasteiger partial charge in [0.05, 0.1) is 6.61 Å². The summed E-state index contributed by atoms with van der Waals surface area (Å²) in [4.78, 5) is 30.7. The first kappa shape index (κ1) is 33.5. The zero-order chi connectivity index (χ0) is 31.9. The number of aromatic nitrogens is 2. The van der Waals surface area contributed by atoms with Crippen LogP contribution in [0, 0.1) is 0 Å². The summed E-state index contributed by atoms with van der Waals surface area (Å²) >= 11 is 0. The molecule has 1 saturated heterocycles. The van der Waals surface area contributed by atoms with Crippen LogP contribution < -0.4 is 20.7 Å². The Morgan fingerprint density at radius 3 is 2.56 bits per heavy atom. The molecule has 0 unspecified atom stereocenters. The van der Waals surface area contributed by atoms with Crippen molar-refractivity contribution in [3.05, 3.63) is 78.0 Å². The smallest absolute Gasteiger partial charge is 0.408 e. The highest BCUT2D eigenvalue weighted by molar-refractivity contribution is 6.09. The number of likely N-dealkylation sites (tertiary alicyclic amines) is 1. The number of aryl methyl sites for hydroxylation is 1. The summed E-state index contributed by atoms with van der Waals surface area (Å²) < 4.78 is 45.8. The summed E-state index contributed by atoms with van der Waals surface area (Å²) in [5.74, 6) is -0.0420. The molecule has 2 aromatic carbocycles. The van der Waals surface area contributed by atoms with Gasteiger partial charge in [-0.05, 0) is 68.6 Å². The van der Waals surface area contributed by atoms with E-state index in [1.807, 2.05) is 12.1 Å². The number of piperidine rings is 1. The molecule has 1 aliphatic heterocycles. The van der Waals surface area contributed by atoms with E-state index in [1.54, 1.807) is 35.1 Å². The number of alkyl halides is 3. The monoisotopic (exact) mass is 627 g/mol. The van der Waals surface area contributed by atoms with Crippen LogP contribution in [0.2, 0.25) is 0 Å². The van der Waals surface area contributed by atoms with Crippen LogP contribution in [0.15, 0.2) is 71.9 Å². The van der Waals surface area contributed by atoms with E-state index >= 15 is 0 Å². The van der Waals surface area contributed by atoms with Crippen LogP contribution in [0.25, 0.3) is 0 Å². The number of ether oxygens (including phenoxy) is 1. The molecule has 2 amide bonds. The molecule has 1 aromatic heterocycles. The zero-order valence-corrected chi connectivity index (χ0v) is 25.2. The molecule has 2 heterocycles. The number of anilines is 1. The number of aliphatic imine (C=N–C) groups is 1. The molecule has 45 heavy (non-hydrogen) atoms. The highest BCUT2D eigenvalue weighted by atomic mass is 19.4. The van der Waals surface area contributed by atoms with E-state index in [4.69, 9.17) is 4.74 Å². The maximum atomic E-state index is 12.8. The highest BCUT2D eigenvalue weighted by Gasteiger charge is 2.27. The summed E-state index contributed by atoms with van der Waals surface area (Å²) in [7, 11) is 0. The van der Waals surface area contributed by atoms with E-state index in [2.05, 4.69) is 43.1 Å². The largest absolute Gasteiger partial charge is 0.494 e. The summed E-state index contributed by atoms with van der Waals surface area (Å²) in [6.45, 7) is 3.16. The Hall–Kier alpha value is -4.39. The summed E-state index contributed by atoms with van der Waals surface area (Å²) in [5, 5.41) is 12.2. The molecule has 4 rings (SSSR count). The number of benzene rings is 2. The number of carbonyl (C=O) groups excluding carboxylic acids is 2. The Bertz CT molecular complexity index is 1390. The first-order chi connectivity index (χ1) is 21.7. The first-order valence-corrected chi connectivity index (χ1v) is 15.2. The van der Waals surface area contributed by atoms with Crippen molar-refractivity contribution in [3.8, 4) is 5.75 Å². The zero-order valence-electron chi connectivity index (χ0n) is 25.2. The van der Waals surface area contributed by atoms with Crippen LogP contribution in [0.3, 0.4) is 0 Å². The van der Waals surface area contributed by atoms with Crippen LogP contribution in [0.5, 0.6) is 5.75 Å². The normalized spacial score (nSPS) is 14.2. The molecule has 1 aliphatic rings. The second-order valence-corrected chi connectivity index (χ2v) is 10.8. The van der Waals surface area contributed by atoms with Gasteiger partial charge in [0.25, 0.3) is 5.91 Å². The number of nitrogens with zero attached hydrogens (tertiary/aromatic N) is 4. The summed E-state index contributed by atoms with van der Waals surface area (Å²) in [6, 6.07) is 17.8. The second-order valence-electron chi connectivity index (χ2n) is 10.8. The Morgan fingerprint density at radius 2 is 1.78 bits per heavy atom. The van der Waals surface area contributed by atoms with Gasteiger partial charge < -0.3 is 15.4 Å². The average Bonchev–Trinajstić information content (AvgIpc) is 3.47. The predicted molar refractivity (Wildman–Crippen MR) is 166 cm³/mol. The maximum absolute atomic E-state index is 12.8. The summed E-state index contributed by atoms with van der Waals surface area (Å²) in [5.41, 5.74) is 1.51. The third-order valence-electron chi connectivity index (χ3n) is 7.03. The van der Waals surface area contributed by atoms with Crippen molar-refractivity contribution in [1.29, 1.82) is 0 Å². The molecule has 0 aliphatic carbocycles. The Labute approximate surface area is 261 Å². The Morgan fingerprint density at radius 1 is 0.978 bits per heavy atom. The molecule has 1 fully saturated rings. The number of amides is 2.